The molecule has 0 radical (unpaired) electrons. The van der Waals surface area contributed by atoms with Crippen LogP contribution in [0.2, 0.25) is 5.02 Å². The summed E-state index contributed by atoms with van der Waals surface area (Å²) in [7, 11) is 0. The highest BCUT2D eigenvalue weighted by Gasteiger charge is 2.36. The Balaban J connectivity index is 1.51. The predicted octanol–water partition coefficient (Wildman–Crippen LogP) is 4.19. The van der Waals surface area contributed by atoms with Crippen LogP contribution in [0.1, 0.15) is 40.9 Å². The average molecular weight is 405 g/mol. The molecule has 1 saturated heterocycles. The fraction of sp³-hybridized carbons (Fsp3) is 0.400. The molecule has 0 unspecified atom stereocenters. The summed E-state index contributed by atoms with van der Waals surface area (Å²) in [5, 5.41) is 7.50. The number of carbonyl (C=O) groups is 2. The van der Waals surface area contributed by atoms with E-state index in [0.29, 0.717) is 41.0 Å². The monoisotopic (exact) mass is 404 g/mol. The van der Waals surface area contributed by atoms with Gasteiger partial charge in [-0.05, 0) is 55.5 Å². The molecule has 4 rings (SSSR count). The molecule has 2 aromatic rings. The molecular formula is C20H21ClN2O3S. The van der Waals surface area contributed by atoms with Crippen LogP contribution in [0.15, 0.2) is 36.4 Å². The fourth-order valence-electron chi connectivity index (χ4n) is 3.35. The minimum atomic E-state index is -0.471. The molecule has 2 aliphatic rings. The third kappa shape index (κ3) is 4.18. The summed E-state index contributed by atoms with van der Waals surface area (Å²) >= 11 is 7.33. The van der Waals surface area contributed by atoms with Gasteiger partial charge in [-0.3, -0.25) is 9.59 Å². The Bertz CT molecular complexity index is 839. The summed E-state index contributed by atoms with van der Waals surface area (Å²) in [6.45, 7) is 1.19. The Morgan fingerprint density at radius 2 is 1.78 bits per heavy atom. The van der Waals surface area contributed by atoms with Crippen molar-refractivity contribution < 1.29 is 14.3 Å². The molecule has 0 bridgehead atoms. The Morgan fingerprint density at radius 3 is 2.44 bits per heavy atom. The second kappa shape index (κ2) is 7.62. The van der Waals surface area contributed by atoms with E-state index in [0.717, 1.165) is 18.4 Å². The Kier molecular flexibility index (Phi) is 5.21. The maximum atomic E-state index is 12.9. The van der Waals surface area contributed by atoms with E-state index in [2.05, 4.69) is 10.6 Å². The van der Waals surface area contributed by atoms with Gasteiger partial charge in [0, 0.05) is 24.2 Å². The normalized spacial score (nSPS) is 18.7. The van der Waals surface area contributed by atoms with Crippen LogP contribution in [0.5, 0.6) is 0 Å². The van der Waals surface area contributed by atoms with Crippen molar-refractivity contribution in [1.82, 2.24) is 5.32 Å². The molecule has 1 aromatic carbocycles. The highest BCUT2D eigenvalue weighted by atomic mass is 35.5. The molecule has 142 valence electrons. The molecule has 0 atom stereocenters. The van der Waals surface area contributed by atoms with Gasteiger partial charge >= 0.3 is 0 Å². The van der Waals surface area contributed by atoms with Crippen LogP contribution in [0, 0.1) is 5.92 Å². The third-order valence-corrected chi connectivity index (χ3v) is 6.37. The van der Waals surface area contributed by atoms with E-state index in [4.69, 9.17) is 16.3 Å². The molecule has 5 nitrogen and oxygen atoms in total. The minimum Gasteiger partial charge on any atom is -0.381 e. The van der Waals surface area contributed by atoms with Crippen molar-refractivity contribution in [3.05, 3.63) is 51.9 Å². The SMILES string of the molecule is O=C(NC1(c2ccc(Cl)cc2)CCOCC1)c1ccc(NC(=O)C2CC2)s1. The second-order valence-electron chi connectivity index (χ2n) is 7.08. The van der Waals surface area contributed by atoms with Gasteiger partial charge in [0.2, 0.25) is 5.91 Å². The summed E-state index contributed by atoms with van der Waals surface area (Å²) < 4.78 is 5.51. The number of ether oxygens (including phenoxy) is 1. The van der Waals surface area contributed by atoms with Crippen molar-refractivity contribution in [1.29, 1.82) is 0 Å². The Labute approximate surface area is 167 Å². The maximum absolute atomic E-state index is 12.9. The number of hydrogen-bond acceptors (Lipinski definition) is 4. The summed E-state index contributed by atoms with van der Waals surface area (Å²) in [4.78, 5) is 25.4. The number of anilines is 1. The van der Waals surface area contributed by atoms with Crippen LogP contribution in [0.25, 0.3) is 0 Å². The Hall–Kier alpha value is -1.89. The topological polar surface area (TPSA) is 67.4 Å². The van der Waals surface area contributed by atoms with E-state index in [1.807, 2.05) is 24.3 Å². The molecule has 2 N–H and O–H groups in total. The van der Waals surface area contributed by atoms with Gasteiger partial charge < -0.3 is 15.4 Å². The molecule has 1 saturated carbocycles. The molecule has 2 fully saturated rings. The first-order valence-electron chi connectivity index (χ1n) is 9.13. The lowest BCUT2D eigenvalue weighted by Crippen LogP contribution is -2.49. The van der Waals surface area contributed by atoms with Crippen LogP contribution in [-0.2, 0) is 15.1 Å². The smallest absolute Gasteiger partial charge is 0.262 e. The quantitative estimate of drug-likeness (QED) is 0.785. The van der Waals surface area contributed by atoms with Crippen LogP contribution in [0.4, 0.5) is 5.00 Å². The molecule has 1 aliphatic carbocycles. The van der Waals surface area contributed by atoms with Crippen LogP contribution in [0.3, 0.4) is 0 Å². The van der Waals surface area contributed by atoms with E-state index in [-0.39, 0.29) is 17.7 Å². The summed E-state index contributed by atoms with van der Waals surface area (Å²) in [6.07, 6.45) is 3.32. The average Bonchev–Trinajstić information content (AvgIpc) is 3.42. The van der Waals surface area contributed by atoms with Gasteiger partial charge in [0.25, 0.3) is 5.91 Å². The summed E-state index contributed by atoms with van der Waals surface area (Å²) in [6, 6.07) is 11.2. The number of benzene rings is 1. The number of halogens is 1. The zero-order valence-electron chi connectivity index (χ0n) is 14.8. The first-order chi connectivity index (χ1) is 13.1. The maximum Gasteiger partial charge on any atom is 0.262 e. The number of hydrogen-bond donors (Lipinski definition) is 2. The summed E-state index contributed by atoms with van der Waals surface area (Å²) in [5.41, 5.74) is 0.559. The van der Waals surface area contributed by atoms with Gasteiger partial charge in [0.15, 0.2) is 0 Å². The Morgan fingerprint density at radius 1 is 1.07 bits per heavy atom. The van der Waals surface area contributed by atoms with Crippen LogP contribution in [-0.4, -0.2) is 25.0 Å². The van der Waals surface area contributed by atoms with E-state index < -0.39 is 5.54 Å². The van der Waals surface area contributed by atoms with Gasteiger partial charge in [-0.25, -0.2) is 0 Å². The van der Waals surface area contributed by atoms with Gasteiger partial charge in [-0.1, -0.05) is 23.7 Å². The van der Waals surface area contributed by atoms with Crippen molar-refractivity contribution in [3.8, 4) is 0 Å². The molecular weight excluding hydrogens is 384 g/mol. The summed E-state index contributed by atoms with van der Waals surface area (Å²) in [5.74, 6) is 0.0504. The highest BCUT2D eigenvalue weighted by Crippen LogP contribution is 2.35. The molecule has 1 aromatic heterocycles. The predicted molar refractivity (Wildman–Crippen MR) is 106 cm³/mol. The van der Waals surface area contributed by atoms with E-state index in [1.54, 1.807) is 12.1 Å². The number of amides is 2. The van der Waals surface area contributed by atoms with E-state index >= 15 is 0 Å². The van der Waals surface area contributed by atoms with Gasteiger partial charge in [0.1, 0.15) is 0 Å². The molecule has 1 aliphatic heterocycles. The number of thiophene rings is 1. The molecule has 2 heterocycles. The molecule has 27 heavy (non-hydrogen) atoms. The number of rotatable bonds is 5. The standard InChI is InChI=1S/C20H21ClN2O3S/c21-15-5-3-14(4-6-15)20(9-11-26-12-10-20)23-19(25)16-7-8-17(27-16)22-18(24)13-1-2-13/h3-8,13H,1-2,9-12H2,(H,22,24)(H,23,25). The van der Waals surface area contributed by atoms with Crippen molar-refractivity contribution >= 4 is 39.8 Å². The van der Waals surface area contributed by atoms with Crippen molar-refractivity contribution in [2.24, 2.45) is 5.92 Å². The van der Waals surface area contributed by atoms with Gasteiger partial charge in [-0.2, -0.15) is 0 Å². The molecule has 0 spiro atoms. The van der Waals surface area contributed by atoms with Crippen LogP contribution < -0.4 is 10.6 Å². The zero-order valence-corrected chi connectivity index (χ0v) is 16.4. The molecule has 2 amide bonds. The van der Waals surface area contributed by atoms with Gasteiger partial charge in [0.05, 0.1) is 15.4 Å². The van der Waals surface area contributed by atoms with E-state index in [1.165, 1.54) is 11.3 Å². The first-order valence-corrected chi connectivity index (χ1v) is 10.3. The minimum absolute atomic E-state index is 0.0471. The van der Waals surface area contributed by atoms with Crippen molar-refractivity contribution in [2.75, 3.05) is 18.5 Å². The lowest BCUT2D eigenvalue weighted by Gasteiger charge is -2.38. The number of nitrogens with one attached hydrogen (secondary N) is 2. The zero-order chi connectivity index (χ0) is 18.9. The first kappa shape index (κ1) is 18.5. The molecule has 7 heteroatoms. The lowest BCUT2D eigenvalue weighted by molar-refractivity contribution is -0.117. The third-order valence-electron chi connectivity index (χ3n) is 5.12. The fourth-order valence-corrected chi connectivity index (χ4v) is 4.28. The van der Waals surface area contributed by atoms with Crippen LogP contribution >= 0.6 is 22.9 Å². The lowest BCUT2D eigenvalue weighted by atomic mass is 9.82. The van der Waals surface area contributed by atoms with Gasteiger partial charge in [-0.15, -0.1) is 11.3 Å². The highest BCUT2D eigenvalue weighted by molar-refractivity contribution is 7.18. The van der Waals surface area contributed by atoms with E-state index in [9.17, 15) is 9.59 Å². The number of carbonyl (C=O) groups excluding carboxylic acids is 2. The second-order valence-corrected chi connectivity index (χ2v) is 8.60. The largest absolute Gasteiger partial charge is 0.381 e. The van der Waals surface area contributed by atoms with Crippen molar-refractivity contribution in [3.63, 3.8) is 0 Å². The van der Waals surface area contributed by atoms with Crippen molar-refractivity contribution in [2.45, 2.75) is 31.2 Å².